The molecule has 2 aromatic heterocycles. The quantitative estimate of drug-likeness (QED) is 0.845. The zero-order valence-corrected chi connectivity index (χ0v) is 11.1. The van der Waals surface area contributed by atoms with Gasteiger partial charge in [-0.3, -0.25) is 4.98 Å². The Labute approximate surface area is 109 Å². The Balaban J connectivity index is 1.95. The number of aromatic nitrogens is 2. The Bertz CT molecular complexity index is 458. The van der Waals surface area contributed by atoms with Gasteiger partial charge in [0.25, 0.3) is 0 Å². The second kappa shape index (κ2) is 6.36. The summed E-state index contributed by atoms with van der Waals surface area (Å²) in [5.74, 6) is 0. The third kappa shape index (κ3) is 3.20. The Morgan fingerprint density at radius 1 is 1.39 bits per heavy atom. The van der Waals surface area contributed by atoms with Gasteiger partial charge in [-0.1, -0.05) is 13.0 Å². The first-order chi connectivity index (χ1) is 8.83. The summed E-state index contributed by atoms with van der Waals surface area (Å²) in [5, 5.41) is 3.33. The molecule has 18 heavy (non-hydrogen) atoms. The van der Waals surface area contributed by atoms with Crippen molar-refractivity contribution >= 4 is 0 Å². The lowest BCUT2D eigenvalue weighted by molar-refractivity contribution is 0.574. The maximum Gasteiger partial charge on any atom is 0.0329 e. The third-order valence-corrected chi connectivity index (χ3v) is 3.31. The molecule has 96 valence electrons. The molecule has 1 atom stereocenters. The van der Waals surface area contributed by atoms with E-state index in [9.17, 15) is 0 Å². The van der Waals surface area contributed by atoms with E-state index in [0.29, 0.717) is 6.04 Å². The minimum absolute atomic E-state index is 0.463. The molecule has 1 unspecified atom stereocenters. The van der Waals surface area contributed by atoms with Gasteiger partial charge in [0.15, 0.2) is 0 Å². The van der Waals surface area contributed by atoms with Crippen LogP contribution >= 0.6 is 0 Å². The molecule has 2 rings (SSSR count). The molecule has 2 heterocycles. The lowest BCUT2D eigenvalue weighted by Gasteiger charge is -2.11. The van der Waals surface area contributed by atoms with E-state index < -0.39 is 0 Å². The molecule has 0 amide bonds. The number of nitrogens with zero attached hydrogens (tertiary/aromatic N) is 2. The zero-order valence-electron chi connectivity index (χ0n) is 11.1. The van der Waals surface area contributed by atoms with E-state index in [1.54, 1.807) is 0 Å². The van der Waals surface area contributed by atoms with E-state index in [-0.39, 0.29) is 0 Å². The second-order valence-electron chi connectivity index (χ2n) is 4.54. The number of hydrogen-bond donors (Lipinski definition) is 1. The first-order valence-electron chi connectivity index (χ1n) is 6.55. The van der Waals surface area contributed by atoms with Crippen LogP contribution in [0.4, 0.5) is 0 Å². The van der Waals surface area contributed by atoms with Crippen molar-refractivity contribution in [2.75, 3.05) is 7.05 Å². The number of pyridine rings is 1. The molecule has 0 aromatic carbocycles. The number of aryl methyl sites for hydroxylation is 2. The highest BCUT2D eigenvalue weighted by Gasteiger charge is 2.07. The van der Waals surface area contributed by atoms with Crippen LogP contribution in [-0.2, 0) is 13.0 Å². The van der Waals surface area contributed by atoms with Crippen LogP contribution in [0.3, 0.4) is 0 Å². The predicted octanol–water partition coefficient (Wildman–Crippen LogP) is 2.80. The van der Waals surface area contributed by atoms with Crippen molar-refractivity contribution in [3.8, 4) is 0 Å². The second-order valence-corrected chi connectivity index (χ2v) is 4.54. The largest absolute Gasteiger partial charge is 0.354 e. The summed E-state index contributed by atoms with van der Waals surface area (Å²) < 4.78 is 2.25. The van der Waals surface area contributed by atoms with Gasteiger partial charge in [0.05, 0.1) is 0 Å². The van der Waals surface area contributed by atoms with Crippen LogP contribution < -0.4 is 5.32 Å². The van der Waals surface area contributed by atoms with Gasteiger partial charge in [-0.25, -0.2) is 0 Å². The maximum atomic E-state index is 4.14. The molecule has 0 saturated carbocycles. The minimum atomic E-state index is 0.463. The SMILES string of the molecule is CCC(NC)c1ccn(CCc2cccnc2)c1. The van der Waals surface area contributed by atoms with Crippen LogP contribution in [0, 0.1) is 0 Å². The van der Waals surface area contributed by atoms with Gasteiger partial charge in [0.2, 0.25) is 0 Å². The summed E-state index contributed by atoms with van der Waals surface area (Å²) in [5.41, 5.74) is 2.65. The molecule has 0 radical (unpaired) electrons. The maximum absolute atomic E-state index is 4.14. The van der Waals surface area contributed by atoms with Crippen LogP contribution in [0.5, 0.6) is 0 Å². The Kier molecular flexibility index (Phi) is 4.53. The Morgan fingerprint density at radius 3 is 2.94 bits per heavy atom. The van der Waals surface area contributed by atoms with Gasteiger partial charge in [-0.05, 0) is 43.1 Å². The summed E-state index contributed by atoms with van der Waals surface area (Å²) in [4.78, 5) is 4.14. The van der Waals surface area contributed by atoms with Gasteiger partial charge in [0.1, 0.15) is 0 Å². The highest BCUT2D eigenvalue weighted by molar-refractivity contribution is 5.16. The molecule has 2 aromatic rings. The van der Waals surface area contributed by atoms with E-state index in [1.165, 1.54) is 11.1 Å². The molecule has 0 aliphatic rings. The molecule has 3 heteroatoms. The van der Waals surface area contributed by atoms with E-state index in [4.69, 9.17) is 0 Å². The first-order valence-corrected chi connectivity index (χ1v) is 6.55. The van der Waals surface area contributed by atoms with E-state index in [2.05, 4.69) is 46.3 Å². The molecule has 0 saturated heterocycles. The summed E-state index contributed by atoms with van der Waals surface area (Å²) >= 11 is 0. The Hall–Kier alpha value is -1.61. The lowest BCUT2D eigenvalue weighted by atomic mass is 10.1. The molecule has 1 N–H and O–H groups in total. The minimum Gasteiger partial charge on any atom is -0.354 e. The van der Waals surface area contributed by atoms with Crippen molar-refractivity contribution in [3.63, 3.8) is 0 Å². The molecule has 0 spiro atoms. The summed E-state index contributed by atoms with van der Waals surface area (Å²) in [6.07, 6.45) is 10.3. The van der Waals surface area contributed by atoms with Crippen molar-refractivity contribution in [3.05, 3.63) is 54.1 Å². The Morgan fingerprint density at radius 2 is 2.28 bits per heavy atom. The lowest BCUT2D eigenvalue weighted by Crippen LogP contribution is -2.14. The topological polar surface area (TPSA) is 29.9 Å². The predicted molar refractivity (Wildman–Crippen MR) is 74.5 cm³/mol. The van der Waals surface area contributed by atoms with E-state index >= 15 is 0 Å². The summed E-state index contributed by atoms with van der Waals surface area (Å²) in [6.45, 7) is 3.21. The van der Waals surface area contributed by atoms with Crippen molar-refractivity contribution in [2.24, 2.45) is 0 Å². The number of rotatable bonds is 6. The normalized spacial score (nSPS) is 12.6. The smallest absolute Gasteiger partial charge is 0.0329 e. The van der Waals surface area contributed by atoms with Crippen molar-refractivity contribution in [1.82, 2.24) is 14.9 Å². The standard InChI is InChI=1S/C15H21N3/c1-3-15(16-2)14-7-10-18(12-14)9-6-13-5-4-8-17-11-13/h4-5,7-8,10-12,15-16H,3,6,9H2,1-2H3. The van der Waals surface area contributed by atoms with E-state index in [0.717, 1.165) is 19.4 Å². The van der Waals surface area contributed by atoms with Gasteiger partial charge in [-0.2, -0.15) is 0 Å². The fraction of sp³-hybridized carbons (Fsp3) is 0.400. The fourth-order valence-electron chi connectivity index (χ4n) is 2.22. The van der Waals surface area contributed by atoms with Crippen molar-refractivity contribution < 1.29 is 0 Å². The van der Waals surface area contributed by atoms with Gasteiger partial charge < -0.3 is 9.88 Å². The first kappa shape index (κ1) is 12.8. The molecular weight excluding hydrogens is 222 g/mol. The van der Waals surface area contributed by atoms with E-state index in [1.807, 2.05) is 25.5 Å². The van der Waals surface area contributed by atoms with Crippen molar-refractivity contribution in [2.45, 2.75) is 32.4 Å². The van der Waals surface area contributed by atoms with Gasteiger partial charge in [0, 0.05) is 37.4 Å². The highest BCUT2D eigenvalue weighted by atomic mass is 14.9. The highest BCUT2D eigenvalue weighted by Crippen LogP contribution is 2.16. The fourth-order valence-corrected chi connectivity index (χ4v) is 2.22. The van der Waals surface area contributed by atoms with Gasteiger partial charge in [-0.15, -0.1) is 0 Å². The number of hydrogen-bond acceptors (Lipinski definition) is 2. The summed E-state index contributed by atoms with van der Waals surface area (Å²) in [7, 11) is 2.02. The monoisotopic (exact) mass is 243 g/mol. The third-order valence-electron chi connectivity index (χ3n) is 3.31. The van der Waals surface area contributed by atoms with Crippen LogP contribution in [-0.4, -0.2) is 16.6 Å². The van der Waals surface area contributed by atoms with Crippen molar-refractivity contribution in [1.29, 1.82) is 0 Å². The average Bonchev–Trinajstić information content (AvgIpc) is 2.88. The van der Waals surface area contributed by atoms with Crippen LogP contribution in [0.25, 0.3) is 0 Å². The molecule has 0 fully saturated rings. The van der Waals surface area contributed by atoms with Crippen LogP contribution in [0.1, 0.15) is 30.5 Å². The zero-order chi connectivity index (χ0) is 12.8. The molecule has 3 nitrogen and oxygen atoms in total. The number of nitrogens with one attached hydrogen (secondary N) is 1. The molecule has 0 aliphatic carbocycles. The molecule has 0 aliphatic heterocycles. The molecule has 0 bridgehead atoms. The average molecular weight is 243 g/mol. The molecular formula is C15H21N3. The van der Waals surface area contributed by atoms with Crippen LogP contribution in [0.15, 0.2) is 43.0 Å². The van der Waals surface area contributed by atoms with Gasteiger partial charge >= 0.3 is 0 Å². The summed E-state index contributed by atoms with van der Waals surface area (Å²) in [6, 6.07) is 6.78. The van der Waals surface area contributed by atoms with Crippen LogP contribution in [0.2, 0.25) is 0 Å².